The molecule has 26 heteroatoms. The van der Waals surface area contributed by atoms with Gasteiger partial charge in [0.2, 0.25) is 0 Å². The van der Waals surface area contributed by atoms with Crippen LogP contribution in [-0.4, -0.2) is 119 Å². The number of halogens is 2. The first-order valence-electron chi connectivity index (χ1n) is 51.6. The third-order valence-electron chi connectivity index (χ3n) is 31.4. The van der Waals surface area contributed by atoms with Crippen LogP contribution in [0.3, 0.4) is 0 Å². The Balaban J connectivity index is 0.000000109. The van der Waals surface area contributed by atoms with E-state index in [9.17, 15) is 32.8 Å². The van der Waals surface area contributed by atoms with E-state index in [-0.39, 0.29) is 77.8 Å². The molecule has 5 aliphatic carbocycles. The number of nitrogens with zero attached hydrogens (tertiary/aromatic N) is 10. The number of ketones is 1. The van der Waals surface area contributed by atoms with Gasteiger partial charge in [-0.1, -0.05) is 273 Å². The largest absolute Gasteiger partial charge is 0.367 e. The second kappa shape index (κ2) is 41.9. The Morgan fingerprint density at radius 1 is 0.315 bits per heavy atom. The lowest BCUT2D eigenvalue weighted by molar-refractivity contribution is 0.0655. The highest BCUT2D eigenvalue weighted by molar-refractivity contribution is 6.03. The zero-order chi connectivity index (χ0) is 103. The molecule has 754 valence electrons. The van der Waals surface area contributed by atoms with Crippen LogP contribution in [0.2, 0.25) is 0 Å². The Bertz CT molecular complexity index is 7510. The summed E-state index contributed by atoms with van der Waals surface area (Å²) in [6, 6.07) is 102. The van der Waals surface area contributed by atoms with Crippen LogP contribution >= 0.6 is 0 Å². The van der Waals surface area contributed by atoms with E-state index >= 15 is 0 Å². The Morgan fingerprint density at radius 3 is 0.987 bits per heavy atom. The number of benzene rings is 10. The fourth-order valence-corrected chi connectivity index (χ4v) is 21.6. The van der Waals surface area contributed by atoms with Crippen LogP contribution in [0.15, 0.2) is 303 Å². The fourth-order valence-electron chi connectivity index (χ4n) is 21.6. The molecule has 10 aromatic carbocycles. The van der Waals surface area contributed by atoms with Gasteiger partial charge in [-0.2, -0.15) is 0 Å². The Hall–Kier alpha value is -15.7. The maximum atomic E-state index is 13.4. The third kappa shape index (κ3) is 20.1. The quantitative estimate of drug-likeness (QED) is 0.0373. The molecule has 25 rings (SSSR count). The van der Waals surface area contributed by atoms with Gasteiger partial charge in [0.05, 0.1) is 126 Å². The summed E-state index contributed by atoms with van der Waals surface area (Å²) in [4.78, 5) is 94.1. The minimum atomic E-state index is -0.695. The first kappa shape index (κ1) is 99.3. The number of aromatic nitrogens is 5. The molecule has 5 aliphatic heterocycles. The van der Waals surface area contributed by atoms with Crippen molar-refractivity contribution in [3.8, 4) is 112 Å². The van der Waals surface area contributed by atoms with Gasteiger partial charge < -0.3 is 59.2 Å². The number of amides is 8. The number of hydrogen-bond donors (Lipinski definition) is 8. The molecule has 0 bridgehead atoms. The topological polar surface area (TPSA) is 341 Å². The molecule has 24 nitrogen and oxygen atoms in total. The number of hydrogen-bond acceptors (Lipinski definition) is 16. The Kier molecular flexibility index (Phi) is 27.9. The predicted octanol–water partition coefficient (Wildman–Crippen LogP) is 23.5. The van der Waals surface area contributed by atoms with Gasteiger partial charge in [0.25, 0.3) is 0 Å². The molecule has 0 atom stereocenters. The fraction of sp³-hybridized carbons (Fsp3) is 0.268. The summed E-state index contributed by atoms with van der Waals surface area (Å²) in [6.45, 7) is 0.530. The lowest BCUT2D eigenvalue weighted by atomic mass is 9.72. The molecular weight excluding hydrogens is 1860 g/mol. The van der Waals surface area contributed by atoms with Crippen LogP contribution in [0.4, 0.5) is 50.7 Å². The SMILES string of the molecule is CN1C(=O)NCc2nc(-c3ccc(C4(N)CCC4)cc3)c(-c3ccccc3)cc21.CN1Cc2nc(-c3ccc(C4(N)CCC4)cc3)c(-c3ccccc3)cc2N(C)C1=O.NC1(c2ccc(-c3nc4c(cc3-c3ccccc3)C(=O)COC4)cc2)CCC1.NC1(c2ccc(-c3nc4c(cc3-c3ccccc3)N(CCF)C(=O)N(CCF)C4)cc2)CCC1.NC1(c2ccc(-c3nc4c(cc3-c3ccccc3)NC(=O)NC4)cc2)CCC1. The average Bonchev–Trinajstić information content (AvgIpc) is 0.758. The molecule has 10 heterocycles. The monoisotopic (exact) mass is 1980 g/mol. The van der Waals surface area contributed by atoms with E-state index in [2.05, 4.69) is 174 Å². The van der Waals surface area contributed by atoms with Gasteiger partial charge in [-0.25, -0.2) is 52.9 Å². The molecule has 149 heavy (non-hydrogen) atoms. The summed E-state index contributed by atoms with van der Waals surface area (Å²) < 4.78 is 31.9. The van der Waals surface area contributed by atoms with Gasteiger partial charge in [0, 0.05) is 110 Å². The van der Waals surface area contributed by atoms with Gasteiger partial charge in [-0.05, 0) is 182 Å². The minimum absolute atomic E-state index is 0.0112. The normalized spacial score (nSPS) is 17.3. The van der Waals surface area contributed by atoms with E-state index in [4.69, 9.17) is 58.3 Å². The second-order valence-electron chi connectivity index (χ2n) is 40.9. The number of anilines is 4. The summed E-state index contributed by atoms with van der Waals surface area (Å²) >= 11 is 0. The molecule has 13 N–H and O–H groups in total. The third-order valence-corrected chi connectivity index (χ3v) is 31.4. The molecular formula is C123H122F2N18O6. The summed E-state index contributed by atoms with van der Waals surface area (Å²) in [5.74, 6) is -0.0112. The number of ether oxygens (including phenoxy) is 1. The molecule has 5 aromatic heterocycles. The smallest absolute Gasteiger partial charge is 0.325 e. The van der Waals surface area contributed by atoms with Crippen molar-refractivity contribution >= 4 is 52.7 Å². The molecule has 0 saturated heterocycles. The number of fused-ring (bicyclic) bond motifs is 5. The number of alkyl halides is 2. The highest BCUT2D eigenvalue weighted by Crippen LogP contribution is 2.49. The van der Waals surface area contributed by atoms with E-state index in [1.165, 1.54) is 57.7 Å². The molecule has 10 aliphatic rings. The maximum absolute atomic E-state index is 13.4. The van der Waals surface area contributed by atoms with Gasteiger partial charge in [-0.15, -0.1) is 0 Å². The average molecular weight is 1990 g/mol. The van der Waals surface area contributed by atoms with E-state index in [0.717, 1.165) is 222 Å². The Morgan fingerprint density at radius 2 is 0.631 bits per heavy atom. The zero-order valence-corrected chi connectivity index (χ0v) is 84.1. The number of carbonyl (C=O) groups excluding carboxylic acids is 5. The molecule has 0 radical (unpaired) electrons. The zero-order valence-electron chi connectivity index (χ0n) is 84.1. The van der Waals surface area contributed by atoms with E-state index < -0.39 is 19.4 Å². The lowest BCUT2D eigenvalue weighted by Gasteiger charge is -2.38. The van der Waals surface area contributed by atoms with Crippen molar-refractivity contribution in [2.45, 2.75) is 157 Å². The van der Waals surface area contributed by atoms with Crippen molar-refractivity contribution in [1.82, 2.24) is 45.4 Å². The van der Waals surface area contributed by atoms with Crippen molar-refractivity contribution in [1.29, 1.82) is 0 Å². The highest BCUT2D eigenvalue weighted by Gasteiger charge is 2.41. The number of carbonyl (C=O) groups is 5. The van der Waals surface area contributed by atoms with Crippen molar-refractivity contribution in [3.05, 3.63) is 365 Å². The van der Waals surface area contributed by atoms with Crippen molar-refractivity contribution in [3.63, 3.8) is 0 Å². The van der Waals surface area contributed by atoms with Crippen LogP contribution in [0.1, 0.15) is 163 Å². The van der Waals surface area contributed by atoms with Crippen LogP contribution in [0.25, 0.3) is 112 Å². The summed E-state index contributed by atoms with van der Waals surface area (Å²) in [7, 11) is 5.39. The number of nitrogens with one attached hydrogen (secondary N) is 3. The summed E-state index contributed by atoms with van der Waals surface area (Å²) in [6.07, 6.45) is 16.3. The number of pyridine rings is 5. The maximum Gasteiger partial charge on any atom is 0.325 e. The van der Waals surface area contributed by atoms with E-state index in [1.807, 2.05) is 153 Å². The van der Waals surface area contributed by atoms with Gasteiger partial charge in [0.15, 0.2) is 5.78 Å². The number of rotatable bonds is 19. The van der Waals surface area contributed by atoms with Gasteiger partial charge in [0.1, 0.15) is 20.0 Å². The van der Waals surface area contributed by atoms with Crippen LogP contribution in [0, 0.1) is 0 Å². The van der Waals surface area contributed by atoms with Crippen LogP contribution in [0.5, 0.6) is 0 Å². The van der Waals surface area contributed by atoms with E-state index in [0.29, 0.717) is 48.9 Å². The van der Waals surface area contributed by atoms with Crippen LogP contribution in [-0.2, 0) is 65.2 Å². The van der Waals surface area contributed by atoms with E-state index in [1.54, 1.807) is 28.8 Å². The number of nitrogens with two attached hydrogens (primary N) is 5. The second-order valence-corrected chi connectivity index (χ2v) is 40.9. The number of Topliss-reactive ketones (excluding diaryl/α,β-unsaturated/α-hetero) is 1. The summed E-state index contributed by atoms with van der Waals surface area (Å²) in [5.41, 5.74) is 64.7. The molecule has 15 aromatic rings. The van der Waals surface area contributed by atoms with Crippen molar-refractivity contribution in [2.24, 2.45) is 28.7 Å². The Labute approximate surface area is 867 Å². The van der Waals surface area contributed by atoms with Crippen molar-refractivity contribution in [2.75, 3.05) is 74.2 Å². The first-order valence-corrected chi connectivity index (χ1v) is 51.6. The minimum Gasteiger partial charge on any atom is -0.367 e. The molecule has 8 amide bonds. The van der Waals surface area contributed by atoms with Gasteiger partial charge in [-0.3, -0.25) is 19.5 Å². The molecule has 0 unspecified atom stereocenters. The van der Waals surface area contributed by atoms with Crippen molar-refractivity contribution < 1.29 is 37.5 Å². The predicted molar refractivity (Wildman–Crippen MR) is 585 cm³/mol. The van der Waals surface area contributed by atoms with Crippen LogP contribution < -0.4 is 59.3 Å². The lowest BCUT2D eigenvalue weighted by Crippen LogP contribution is -2.49. The molecule has 0 spiro atoms. The van der Waals surface area contributed by atoms with Gasteiger partial charge >= 0.3 is 24.1 Å². The highest BCUT2D eigenvalue weighted by atomic mass is 19.1. The first-order chi connectivity index (χ1) is 72.3. The number of urea groups is 4. The standard InChI is InChI=1S/C27H28F2N4O.C25H26N4O.C24H24N4O.C24H22N2O2.C23H22N4O/c28-13-15-32-18-23-24(33(16-14-29)26(32)34)17-22(19-5-2-1-3-6-19)25(31-23)20-7-9-21(10-8-20)27(30)11-4-12-27;1-28-16-21-22(29(2)24(28)30)15-20(17-7-4-3-5-8-17)23(27-21)18-9-11-19(12-10-18)25(26)13-6-14-25;1-28-21-14-19(16-6-3-2-4-7-16)22(27-20(21)15-26-23(28)29)17-8-10-18(11-9-17)24(25)12-5-13-24;25-24(11-4-12-24)18-9-7-17(8-10-18)23-19(16-5-2-1-3-6-16)13-20-21(26-23)14-28-15-22(20)27;24-23(11-4-12-23)17-9-7-16(8-10-17)21-18(15-5-2-1-3-6-15)13-19-20(26-21)14-25-22(28)27-19/h1-3,5-10,17H,4,11-16,18,30H2;3-5,7-12,15H,6,13-14,16,26H2,1-2H3;2-4,6-11,14H,5,12-13,15,25H2,1H3,(H,26,29);1-3,5-10,13H,4,11-12,14-15,25H2;1-3,5-10,13H,4,11-12,14,24H2,(H2,25,27,28). The summed E-state index contributed by atoms with van der Waals surface area (Å²) in [5, 5.41) is 8.53. The molecule has 5 saturated carbocycles. The molecule has 5 fully saturated rings.